The minimum absolute atomic E-state index is 0.156. The molecular formula is C18H26NO2+. The lowest BCUT2D eigenvalue weighted by molar-refractivity contribution is -0.940. The molecule has 0 saturated carbocycles. The third-order valence-electron chi connectivity index (χ3n) is 5.22. The number of esters is 1. The van der Waals surface area contributed by atoms with E-state index in [2.05, 4.69) is 0 Å². The quantitative estimate of drug-likeness (QED) is 0.863. The zero-order valence-electron chi connectivity index (χ0n) is 12.9. The van der Waals surface area contributed by atoms with E-state index >= 15 is 0 Å². The summed E-state index contributed by atoms with van der Waals surface area (Å²) in [5.74, 6) is 0.401. The van der Waals surface area contributed by atoms with Crippen LogP contribution >= 0.6 is 0 Å². The van der Waals surface area contributed by atoms with Crippen LogP contribution < -0.4 is 4.90 Å². The zero-order chi connectivity index (χ0) is 14.7. The smallest absolute Gasteiger partial charge is 0.338 e. The van der Waals surface area contributed by atoms with Crippen molar-refractivity contribution in [1.82, 2.24) is 0 Å². The molecule has 1 unspecified atom stereocenters. The number of ether oxygens (including phenoxy) is 1. The van der Waals surface area contributed by atoms with Gasteiger partial charge in [0.2, 0.25) is 0 Å². The molecule has 0 radical (unpaired) electrons. The van der Waals surface area contributed by atoms with Crippen LogP contribution in [-0.2, 0) is 4.74 Å². The number of fused-ring (bicyclic) bond motifs is 1. The summed E-state index contributed by atoms with van der Waals surface area (Å²) < 4.78 is 5.65. The third-order valence-corrected chi connectivity index (χ3v) is 5.22. The number of piperidine rings is 2. The molecule has 0 amide bonds. The Kier molecular flexibility index (Phi) is 4.59. The van der Waals surface area contributed by atoms with E-state index in [0.717, 1.165) is 11.6 Å². The zero-order valence-corrected chi connectivity index (χ0v) is 12.9. The van der Waals surface area contributed by atoms with Gasteiger partial charge in [-0.2, -0.15) is 0 Å². The van der Waals surface area contributed by atoms with Crippen LogP contribution in [0.25, 0.3) is 0 Å². The van der Waals surface area contributed by atoms with Gasteiger partial charge in [-0.1, -0.05) is 18.2 Å². The fourth-order valence-corrected chi connectivity index (χ4v) is 4.04. The summed E-state index contributed by atoms with van der Waals surface area (Å²) in [7, 11) is 0. The van der Waals surface area contributed by atoms with E-state index in [0.29, 0.717) is 18.1 Å². The average molecular weight is 288 g/mol. The first-order valence-electron chi connectivity index (χ1n) is 8.33. The number of aryl methyl sites for hydroxylation is 1. The maximum Gasteiger partial charge on any atom is 0.338 e. The lowest BCUT2D eigenvalue weighted by Gasteiger charge is -2.41. The minimum atomic E-state index is -0.156. The highest BCUT2D eigenvalue weighted by Gasteiger charge is 2.37. The number of carbonyl (C=O) groups is 1. The van der Waals surface area contributed by atoms with Gasteiger partial charge in [0.25, 0.3) is 0 Å². The summed E-state index contributed by atoms with van der Waals surface area (Å²) in [5.41, 5.74) is 1.71. The van der Waals surface area contributed by atoms with Crippen LogP contribution in [0.4, 0.5) is 0 Å². The van der Waals surface area contributed by atoms with Crippen LogP contribution in [0.15, 0.2) is 24.3 Å². The van der Waals surface area contributed by atoms with Crippen molar-refractivity contribution in [2.45, 2.75) is 45.1 Å². The van der Waals surface area contributed by atoms with E-state index in [1.165, 1.54) is 45.2 Å². The predicted octanol–water partition coefficient (Wildman–Crippen LogP) is 2.00. The van der Waals surface area contributed by atoms with E-state index in [1.54, 1.807) is 4.90 Å². The highest BCUT2D eigenvalue weighted by Crippen LogP contribution is 2.21. The first-order valence-corrected chi connectivity index (χ1v) is 8.33. The van der Waals surface area contributed by atoms with Crippen LogP contribution in [0.1, 0.15) is 48.0 Å². The van der Waals surface area contributed by atoms with Crippen molar-refractivity contribution in [2.24, 2.45) is 5.92 Å². The molecule has 114 valence electrons. The summed E-state index contributed by atoms with van der Waals surface area (Å²) in [5, 5.41) is 0. The molecular weight excluding hydrogens is 262 g/mol. The standard InChI is InChI=1S/C18H25NO2/c1-14-7-2-3-9-16(14)18(20)21-13-15-8-6-12-19-11-5-4-10-17(15)19/h2-3,7,9,15,17H,4-6,8,10-13H2,1H3/p+1/t15-,17-/m1/s1. The number of hydrogen-bond acceptors (Lipinski definition) is 2. The van der Waals surface area contributed by atoms with E-state index in [-0.39, 0.29) is 5.97 Å². The van der Waals surface area contributed by atoms with Crippen LogP contribution in [0.3, 0.4) is 0 Å². The average Bonchev–Trinajstić information content (AvgIpc) is 2.53. The minimum Gasteiger partial charge on any atom is -0.462 e. The molecule has 0 spiro atoms. The van der Waals surface area contributed by atoms with Crippen molar-refractivity contribution in [2.75, 3.05) is 19.7 Å². The second-order valence-electron chi connectivity index (χ2n) is 6.58. The van der Waals surface area contributed by atoms with Crippen LogP contribution in [0.2, 0.25) is 0 Å². The number of carbonyl (C=O) groups excluding carboxylic acids is 1. The molecule has 3 nitrogen and oxygen atoms in total. The highest BCUT2D eigenvalue weighted by molar-refractivity contribution is 5.90. The van der Waals surface area contributed by atoms with E-state index < -0.39 is 0 Å². The van der Waals surface area contributed by atoms with Gasteiger partial charge in [0.15, 0.2) is 0 Å². The molecule has 21 heavy (non-hydrogen) atoms. The molecule has 3 rings (SSSR count). The summed E-state index contributed by atoms with van der Waals surface area (Å²) in [6, 6.07) is 8.39. The molecule has 0 bridgehead atoms. The maximum absolute atomic E-state index is 12.2. The fourth-order valence-electron chi connectivity index (χ4n) is 4.04. The number of hydrogen-bond donors (Lipinski definition) is 1. The van der Waals surface area contributed by atoms with Crippen LogP contribution in [0.5, 0.6) is 0 Å². The normalized spacial score (nSPS) is 28.7. The Morgan fingerprint density at radius 1 is 1.19 bits per heavy atom. The SMILES string of the molecule is Cc1ccccc1C(=O)OC[C@H]1CCC[NH+]2CCCC[C@H]12. The van der Waals surface area contributed by atoms with Gasteiger partial charge in [-0.3, -0.25) is 0 Å². The first-order chi connectivity index (χ1) is 10.3. The van der Waals surface area contributed by atoms with Crippen LogP contribution in [0, 0.1) is 12.8 Å². The monoisotopic (exact) mass is 288 g/mol. The molecule has 2 fully saturated rings. The first kappa shape index (κ1) is 14.6. The van der Waals surface area contributed by atoms with Crippen molar-refractivity contribution in [3.05, 3.63) is 35.4 Å². The Morgan fingerprint density at radius 2 is 2.00 bits per heavy atom. The molecule has 1 aromatic rings. The Morgan fingerprint density at radius 3 is 2.86 bits per heavy atom. The van der Waals surface area contributed by atoms with Gasteiger partial charge in [-0.25, -0.2) is 4.79 Å². The second-order valence-corrected chi connectivity index (χ2v) is 6.58. The molecule has 2 aliphatic heterocycles. The predicted molar refractivity (Wildman–Crippen MR) is 82.5 cm³/mol. The summed E-state index contributed by atoms with van der Waals surface area (Å²) >= 11 is 0. The fraction of sp³-hybridized carbons (Fsp3) is 0.611. The molecule has 0 aromatic heterocycles. The van der Waals surface area contributed by atoms with Crippen molar-refractivity contribution in [1.29, 1.82) is 0 Å². The summed E-state index contributed by atoms with van der Waals surface area (Å²) in [6.07, 6.45) is 6.51. The molecule has 2 saturated heterocycles. The van der Waals surface area contributed by atoms with Crippen molar-refractivity contribution < 1.29 is 14.4 Å². The van der Waals surface area contributed by atoms with Crippen molar-refractivity contribution >= 4 is 5.97 Å². The maximum atomic E-state index is 12.2. The Labute approximate surface area is 127 Å². The van der Waals surface area contributed by atoms with Gasteiger partial charge in [0.05, 0.1) is 24.7 Å². The number of quaternary nitrogens is 1. The number of nitrogens with one attached hydrogen (secondary N) is 1. The number of rotatable bonds is 3. The van der Waals surface area contributed by atoms with E-state index in [1.807, 2.05) is 31.2 Å². The largest absolute Gasteiger partial charge is 0.462 e. The lowest BCUT2D eigenvalue weighted by Crippen LogP contribution is -3.18. The lowest BCUT2D eigenvalue weighted by atomic mass is 9.84. The summed E-state index contributed by atoms with van der Waals surface area (Å²) in [4.78, 5) is 14.0. The topological polar surface area (TPSA) is 30.7 Å². The summed E-state index contributed by atoms with van der Waals surface area (Å²) in [6.45, 7) is 5.19. The highest BCUT2D eigenvalue weighted by atomic mass is 16.5. The molecule has 1 aromatic carbocycles. The van der Waals surface area contributed by atoms with Gasteiger partial charge in [-0.15, -0.1) is 0 Å². The molecule has 3 heteroatoms. The molecule has 2 heterocycles. The Hall–Kier alpha value is -1.35. The Balaban J connectivity index is 1.59. The van der Waals surface area contributed by atoms with Crippen molar-refractivity contribution in [3.8, 4) is 0 Å². The number of benzene rings is 1. The molecule has 3 atom stereocenters. The van der Waals surface area contributed by atoms with Gasteiger partial charge in [0.1, 0.15) is 6.61 Å². The Bertz CT molecular complexity index is 498. The molecule has 1 N–H and O–H groups in total. The van der Waals surface area contributed by atoms with Gasteiger partial charge in [-0.05, 0) is 50.7 Å². The second kappa shape index (κ2) is 6.61. The molecule has 0 aliphatic carbocycles. The van der Waals surface area contributed by atoms with Gasteiger partial charge in [0, 0.05) is 5.92 Å². The molecule has 2 aliphatic rings. The van der Waals surface area contributed by atoms with Gasteiger partial charge < -0.3 is 9.64 Å². The van der Waals surface area contributed by atoms with Gasteiger partial charge >= 0.3 is 5.97 Å². The van der Waals surface area contributed by atoms with E-state index in [9.17, 15) is 4.79 Å². The third kappa shape index (κ3) is 3.29. The van der Waals surface area contributed by atoms with Crippen LogP contribution in [-0.4, -0.2) is 31.7 Å². The van der Waals surface area contributed by atoms with E-state index in [4.69, 9.17) is 4.74 Å². The van der Waals surface area contributed by atoms with Crippen molar-refractivity contribution in [3.63, 3.8) is 0 Å².